The van der Waals surface area contributed by atoms with Crippen molar-refractivity contribution in [2.45, 2.75) is 18.9 Å². The second-order valence-corrected chi connectivity index (χ2v) is 8.29. The van der Waals surface area contributed by atoms with Gasteiger partial charge in [-0.2, -0.15) is 0 Å². The number of hydrogen-bond donors (Lipinski definition) is 2. The molecule has 2 saturated heterocycles. The van der Waals surface area contributed by atoms with Crippen LogP contribution in [0.15, 0.2) is 30.6 Å². The molecule has 0 bridgehead atoms. The molecule has 0 saturated carbocycles. The molecule has 1 amide bonds. The predicted molar refractivity (Wildman–Crippen MR) is 118 cm³/mol. The zero-order valence-electron chi connectivity index (χ0n) is 18.1. The highest BCUT2D eigenvalue weighted by Gasteiger charge is 2.39. The van der Waals surface area contributed by atoms with Gasteiger partial charge in [-0.15, -0.1) is 0 Å². The van der Waals surface area contributed by atoms with E-state index in [-0.39, 0.29) is 5.91 Å². The molecule has 1 atom stereocenters. The summed E-state index contributed by atoms with van der Waals surface area (Å²) in [6.07, 6.45) is 4.31. The minimum absolute atomic E-state index is 0.173. The van der Waals surface area contributed by atoms with Crippen molar-refractivity contribution in [3.63, 3.8) is 0 Å². The minimum Gasteiger partial charge on any atom is -0.493 e. The fourth-order valence-electron chi connectivity index (χ4n) is 4.05. The first-order valence-corrected chi connectivity index (χ1v) is 10.7. The molecule has 0 radical (unpaired) electrons. The van der Waals surface area contributed by atoms with E-state index >= 15 is 0 Å². The van der Waals surface area contributed by atoms with Crippen LogP contribution in [0, 0.1) is 5.92 Å². The highest BCUT2D eigenvalue weighted by Crippen LogP contribution is 2.38. The van der Waals surface area contributed by atoms with Crippen LogP contribution in [0.4, 0.5) is 5.82 Å². The fourth-order valence-corrected chi connectivity index (χ4v) is 4.05. The highest BCUT2D eigenvalue weighted by atomic mass is 16.5. The van der Waals surface area contributed by atoms with Gasteiger partial charge in [0.15, 0.2) is 0 Å². The number of fused-ring (bicyclic) bond motifs is 1. The molecule has 32 heavy (non-hydrogen) atoms. The molecule has 0 spiro atoms. The van der Waals surface area contributed by atoms with Crippen LogP contribution in [0.25, 0.3) is 22.2 Å². The number of rotatable bonds is 7. The van der Waals surface area contributed by atoms with Crippen LogP contribution >= 0.6 is 0 Å². The van der Waals surface area contributed by atoms with E-state index < -0.39 is 5.60 Å². The Kier molecular flexibility index (Phi) is 5.54. The third-order valence-electron chi connectivity index (χ3n) is 5.98. The summed E-state index contributed by atoms with van der Waals surface area (Å²) >= 11 is 0. The van der Waals surface area contributed by atoms with Gasteiger partial charge >= 0.3 is 0 Å². The maximum absolute atomic E-state index is 11.5. The van der Waals surface area contributed by atoms with Gasteiger partial charge < -0.3 is 29.2 Å². The van der Waals surface area contributed by atoms with Crippen molar-refractivity contribution in [3.8, 4) is 17.0 Å². The van der Waals surface area contributed by atoms with Crippen molar-refractivity contribution in [2.24, 2.45) is 5.92 Å². The number of nitrogens with one attached hydrogen (secondary N) is 2. The van der Waals surface area contributed by atoms with Crippen molar-refractivity contribution in [3.05, 3.63) is 36.3 Å². The number of nitrogens with zero attached hydrogens (tertiary/aromatic N) is 2. The van der Waals surface area contributed by atoms with E-state index in [9.17, 15) is 4.79 Å². The maximum Gasteiger partial charge on any atom is 0.222 e. The standard InChI is InChI=1S/C23H26N4O5/c1-14(28)26-22-7-17-18(8-24-20(17)9-25-22)19-5-16(32-12-15-10-31-11-15)6-21(27-19)23(29-2)3-4-30-13-23/h5-9,15,24H,3-4,10-13H2,1-2H3,(H,25,26,28)/t23-/m0/s1. The Balaban J connectivity index is 1.57. The van der Waals surface area contributed by atoms with Crippen LogP contribution in [0.2, 0.25) is 0 Å². The van der Waals surface area contributed by atoms with Crippen LogP contribution in [0.5, 0.6) is 5.75 Å². The van der Waals surface area contributed by atoms with Gasteiger partial charge in [0.1, 0.15) is 17.2 Å². The van der Waals surface area contributed by atoms with Gasteiger partial charge in [0, 0.05) is 62.3 Å². The van der Waals surface area contributed by atoms with Crippen molar-refractivity contribution in [1.29, 1.82) is 0 Å². The summed E-state index contributed by atoms with van der Waals surface area (Å²) < 4.78 is 22.9. The Bertz CT molecular complexity index is 1130. The number of carbonyl (C=O) groups is 1. The van der Waals surface area contributed by atoms with E-state index in [0.717, 1.165) is 53.2 Å². The molecule has 0 aromatic carbocycles. The minimum atomic E-state index is -0.608. The number of aromatic nitrogens is 3. The van der Waals surface area contributed by atoms with Crippen LogP contribution in [-0.2, 0) is 24.6 Å². The lowest BCUT2D eigenvalue weighted by molar-refractivity contribution is -0.114. The van der Waals surface area contributed by atoms with Crippen LogP contribution in [-0.4, -0.2) is 61.0 Å². The summed E-state index contributed by atoms with van der Waals surface area (Å²) in [5, 5.41) is 3.64. The summed E-state index contributed by atoms with van der Waals surface area (Å²) in [5.41, 5.74) is 2.65. The zero-order chi connectivity index (χ0) is 22.1. The van der Waals surface area contributed by atoms with Crippen molar-refractivity contribution in [2.75, 3.05) is 45.5 Å². The topological polar surface area (TPSA) is 108 Å². The van der Waals surface area contributed by atoms with Crippen LogP contribution in [0.1, 0.15) is 19.0 Å². The lowest BCUT2D eigenvalue weighted by Crippen LogP contribution is -2.33. The molecule has 0 aliphatic carbocycles. The fraction of sp³-hybridized carbons (Fsp3) is 0.435. The molecular weight excluding hydrogens is 412 g/mol. The molecule has 5 rings (SSSR count). The number of ether oxygens (including phenoxy) is 4. The second kappa shape index (κ2) is 8.50. The van der Waals surface area contributed by atoms with Gasteiger partial charge in [-0.05, 0) is 6.07 Å². The summed E-state index contributed by atoms with van der Waals surface area (Å²) in [6, 6.07) is 5.72. The first-order chi connectivity index (χ1) is 15.6. The predicted octanol–water partition coefficient (Wildman–Crippen LogP) is 2.87. The van der Waals surface area contributed by atoms with Gasteiger partial charge in [-0.1, -0.05) is 0 Å². The van der Waals surface area contributed by atoms with Crippen molar-refractivity contribution >= 4 is 22.6 Å². The van der Waals surface area contributed by atoms with E-state index in [1.165, 1.54) is 6.92 Å². The Morgan fingerprint density at radius 2 is 2.19 bits per heavy atom. The van der Waals surface area contributed by atoms with Crippen LogP contribution < -0.4 is 10.1 Å². The van der Waals surface area contributed by atoms with Crippen LogP contribution in [0.3, 0.4) is 0 Å². The number of carbonyl (C=O) groups excluding carboxylic acids is 1. The van der Waals surface area contributed by atoms with Crippen molar-refractivity contribution < 1.29 is 23.7 Å². The molecule has 3 aromatic rings. The first kappa shape index (κ1) is 20.9. The van der Waals surface area contributed by atoms with Gasteiger partial charge in [-0.3, -0.25) is 4.79 Å². The number of hydrogen-bond acceptors (Lipinski definition) is 7. The molecule has 2 aliphatic heterocycles. The van der Waals surface area contributed by atoms with Gasteiger partial charge in [0.05, 0.1) is 49.5 Å². The maximum atomic E-state index is 11.5. The van der Waals surface area contributed by atoms with Crippen molar-refractivity contribution in [1.82, 2.24) is 15.0 Å². The van der Waals surface area contributed by atoms with E-state index in [0.29, 0.717) is 31.6 Å². The Morgan fingerprint density at radius 1 is 1.31 bits per heavy atom. The normalized spacial score (nSPS) is 20.9. The molecule has 9 nitrogen and oxygen atoms in total. The third kappa shape index (κ3) is 3.94. The molecule has 2 fully saturated rings. The van der Waals surface area contributed by atoms with Gasteiger partial charge in [0.25, 0.3) is 0 Å². The second-order valence-electron chi connectivity index (χ2n) is 8.29. The van der Waals surface area contributed by atoms with Gasteiger partial charge in [0.2, 0.25) is 5.91 Å². The number of anilines is 1. The SMILES string of the molecule is CO[C@@]1(c2cc(OCC3COC3)cc(-c3c[nH]c4cnc(NC(C)=O)cc34)n2)CCOC1. The number of methoxy groups -OCH3 is 1. The molecule has 0 unspecified atom stereocenters. The molecule has 2 aliphatic rings. The average Bonchev–Trinajstić information content (AvgIpc) is 3.40. The quantitative estimate of drug-likeness (QED) is 0.584. The molecule has 9 heteroatoms. The number of H-pyrrole nitrogens is 1. The molecular formula is C23H26N4O5. The van der Waals surface area contributed by atoms with E-state index in [1.54, 1.807) is 13.3 Å². The zero-order valence-corrected chi connectivity index (χ0v) is 18.1. The number of pyridine rings is 2. The lowest BCUT2D eigenvalue weighted by Gasteiger charge is -2.28. The lowest BCUT2D eigenvalue weighted by atomic mass is 9.96. The number of aromatic amines is 1. The summed E-state index contributed by atoms with van der Waals surface area (Å²) in [4.78, 5) is 24.0. The van der Waals surface area contributed by atoms with E-state index in [1.807, 2.05) is 24.4 Å². The molecule has 5 heterocycles. The monoisotopic (exact) mass is 438 g/mol. The Morgan fingerprint density at radius 3 is 2.88 bits per heavy atom. The molecule has 3 aromatic heterocycles. The highest BCUT2D eigenvalue weighted by molar-refractivity contribution is 5.97. The van der Waals surface area contributed by atoms with E-state index in [4.69, 9.17) is 23.9 Å². The smallest absolute Gasteiger partial charge is 0.222 e. The summed E-state index contributed by atoms with van der Waals surface area (Å²) in [5.74, 6) is 1.44. The molecule has 2 N–H and O–H groups in total. The summed E-state index contributed by atoms with van der Waals surface area (Å²) in [7, 11) is 1.69. The number of amides is 1. The summed E-state index contributed by atoms with van der Waals surface area (Å²) in [6.45, 7) is 4.56. The first-order valence-electron chi connectivity index (χ1n) is 10.7. The molecule has 168 valence electrons. The largest absolute Gasteiger partial charge is 0.493 e. The Hall–Kier alpha value is -3.01. The van der Waals surface area contributed by atoms with E-state index in [2.05, 4.69) is 15.3 Å². The third-order valence-corrected chi connectivity index (χ3v) is 5.98. The average molecular weight is 438 g/mol. The Labute approximate surface area is 185 Å². The van der Waals surface area contributed by atoms with Gasteiger partial charge in [-0.25, -0.2) is 9.97 Å².